The van der Waals surface area contributed by atoms with Gasteiger partial charge in [0, 0.05) is 6.07 Å². The van der Waals surface area contributed by atoms with Crippen LogP contribution in [-0.4, -0.2) is 16.2 Å². The molecule has 0 fully saturated rings. The minimum atomic E-state index is -0.925. The maximum Gasteiger partial charge on any atom is 0.303 e. The van der Waals surface area contributed by atoms with Gasteiger partial charge in [0.05, 0.1) is 6.42 Å². The first kappa shape index (κ1) is 11.5. The number of aliphatic carboxylic acids is 1. The average molecular weight is 212 g/mol. The summed E-state index contributed by atoms with van der Waals surface area (Å²) in [4.78, 5) is 10.6. The molecule has 0 unspecified atom stereocenters. The van der Waals surface area contributed by atoms with E-state index in [0.29, 0.717) is 12.0 Å². The van der Waals surface area contributed by atoms with Crippen molar-refractivity contribution >= 4 is 5.97 Å². The van der Waals surface area contributed by atoms with Crippen LogP contribution in [0.3, 0.4) is 0 Å². The minimum Gasteiger partial charge on any atom is -0.508 e. The first-order chi connectivity index (χ1) is 7.02. The summed E-state index contributed by atoms with van der Waals surface area (Å²) in [6, 6.07) is 3.66. The fraction of sp³-hybridized carbons (Fsp3) is 0.364. The molecule has 15 heavy (non-hydrogen) atoms. The van der Waals surface area contributed by atoms with Gasteiger partial charge < -0.3 is 10.2 Å². The summed E-state index contributed by atoms with van der Waals surface area (Å²) in [5, 5.41) is 17.8. The zero-order chi connectivity index (χ0) is 11.4. The number of hydrogen-bond donors (Lipinski definition) is 2. The molecule has 1 aromatic carbocycles. The van der Waals surface area contributed by atoms with Crippen LogP contribution in [0.2, 0.25) is 0 Å². The summed E-state index contributed by atoms with van der Waals surface area (Å²) in [6.45, 7) is 1.83. The van der Waals surface area contributed by atoms with Gasteiger partial charge in [0.15, 0.2) is 0 Å². The maximum absolute atomic E-state index is 13.0. The highest BCUT2D eigenvalue weighted by molar-refractivity contribution is 5.68. The highest BCUT2D eigenvalue weighted by Gasteiger charge is 2.15. The number of benzene rings is 1. The molecule has 82 valence electrons. The predicted octanol–water partition coefficient (Wildman–Crippen LogP) is 2.50. The minimum absolute atomic E-state index is 0.0562. The first-order valence-electron chi connectivity index (χ1n) is 4.74. The van der Waals surface area contributed by atoms with Crippen molar-refractivity contribution in [2.45, 2.75) is 25.7 Å². The molecule has 0 aliphatic heterocycles. The quantitative estimate of drug-likeness (QED) is 0.806. The zero-order valence-electron chi connectivity index (χ0n) is 8.40. The maximum atomic E-state index is 13.0. The van der Waals surface area contributed by atoms with Gasteiger partial charge >= 0.3 is 5.97 Å². The molecule has 0 heterocycles. The van der Waals surface area contributed by atoms with Gasteiger partial charge in [-0.1, -0.05) is 6.92 Å². The molecule has 2 N–H and O–H groups in total. The molecule has 1 aromatic rings. The van der Waals surface area contributed by atoms with Gasteiger partial charge in [-0.3, -0.25) is 4.79 Å². The van der Waals surface area contributed by atoms with Crippen LogP contribution >= 0.6 is 0 Å². The molecular formula is C11H13FO3. The number of aromatic hydroxyl groups is 1. The van der Waals surface area contributed by atoms with Crippen LogP contribution in [0.4, 0.5) is 4.39 Å². The summed E-state index contributed by atoms with van der Waals surface area (Å²) in [6.07, 6.45) is 0.536. The molecular weight excluding hydrogens is 199 g/mol. The van der Waals surface area contributed by atoms with E-state index in [0.717, 1.165) is 6.07 Å². The number of rotatable bonds is 4. The third-order valence-electron chi connectivity index (χ3n) is 2.29. The third-order valence-corrected chi connectivity index (χ3v) is 2.29. The molecule has 0 amide bonds. The second-order valence-electron chi connectivity index (χ2n) is 3.45. The van der Waals surface area contributed by atoms with E-state index in [4.69, 9.17) is 5.11 Å². The van der Waals surface area contributed by atoms with Crippen LogP contribution in [0.15, 0.2) is 18.2 Å². The predicted molar refractivity (Wildman–Crippen MR) is 53.3 cm³/mol. The van der Waals surface area contributed by atoms with Crippen molar-refractivity contribution in [2.24, 2.45) is 0 Å². The van der Waals surface area contributed by atoms with E-state index in [9.17, 15) is 14.3 Å². The summed E-state index contributed by atoms with van der Waals surface area (Å²) in [5.41, 5.74) is 0.525. The van der Waals surface area contributed by atoms with Gasteiger partial charge in [0.1, 0.15) is 11.6 Å². The Kier molecular flexibility index (Phi) is 3.66. The second-order valence-corrected chi connectivity index (χ2v) is 3.45. The number of phenolic OH excluding ortho intramolecular Hbond substituents is 1. The van der Waals surface area contributed by atoms with E-state index >= 15 is 0 Å². The Morgan fingerprint density at radius 1 is 1.47 bits per heavy atom. The van der Waals surface area contributed by atoms with Crippen LogP contribution < -0.4 is 0 Å². The molecule has 1 atom stereocenters. The summed E-state index contributed by atoms with van der Waals surface area (Å²) < 4.78 is 13.0. The number of hydrogen-bond acceptors (Lipinski definition) is 2. The standard InChI is InChI=1S/C11H13FO3/c1-2-7(5-11(14)15)8-3-9(12)6-10(13)4-8/h3-4,6-7,13H,2,5H2,1H3,(H,14,15)/t7-/m0/s1. The Morgan fingerprint density at radius 3 is 2.60 bits per heavy atom. The Hall–Kier alpha value is -1.58. The van der Waals surface area contributed by atoms with Crippen molar-refractivity contribution in [1.29, 1.82) is 0 Å². The topological polar surface area (TPSA) is 57.5 Å². The van der Waals surface area contributed by atoms with Crippen LogP contribution in [0.1, 0.15) is 31.2 Å². The van der Waals surface area contributed by atoms with E-state index in [1.165, 1.54) is 12.1 Å². The largest absolute Gasteiger partial charge is 0.508 e. The molecule has 0 spiro atoms. The van der Waals surface area contributed by atoms with E-state index in [2.05, 4.69) is 0 Å². The molecule has 3 nitrogen and oxygen atoms in total. The third kappa shape index (κ3) is 3.23. The Balaban J connectivity index is 2.95. The van der Waals surface area contributed by atoms with Crippen molar-refractivity contribution < 1.29 is 19.4 Å². The Labute approximate surface area is 87.2 Å². The second kappa shape index (κ2) is 4.77. The van der Waals surface area contributed by atoms with E-state index in [1.54, 1.807) is 0 Å². The van der Waals surface area contributed by atoms with Crippen molar-refractivity contribution in [3.63, 3.8) is 0 Å². The first-order valence-corrected chi connectivity index (χ1v) is 4.74. The highest BCUT2D eigenvalue weighted by Crippen LogP contribution is 2.27. The van der Waals surface area contributed by atoms with E-state index in [1.807, 2.05) is 6.92 Å². The Morgan fingerprint density at radius 2 is 2.13 bits per heavy atom. The Bertz CT molecular complexity index is 343. The molecule has 0 aromatic heterocycles. The monoisotopic (exact) mass is 212 g/mol. The molecule has 0 radical (unpaired) electrons. The molecule has 1 rings (SSSR count). The van der Waals surface area contributed by atoms with Crippen LogP contribution in [0.5, 0.6) is 5.75 Å². The van der Waals surface area contributed by atoms with Gasteiger partial charge in [0.2, 0.25) is 0 Å². The van der Waals surface area contributed by atoms with Crippen LogP contribution in [-0.2, 0) is 4.79 Å². The van der Waals surface area contributed by atoms with Gasteiger partial charge in [-0.05, 0) is 30.0 Å². The smallest absolute Gasteiger partial charge is 0.303 e. The lowest BCUT2D eigenvalue weighted by molar-refractivity contribution is -0.137. The number of carbonyl (C=O) groups is 1. The fourth-order valence-electron chi connectivity index (χ4n) is 1.54. The number of carboxylic acids is 1. The molecule has 0 saturated heterocycles. The average Bonchev–Trinajstić information content (AvgIpc) is 2.12. The van der Waals surface area contributed by atoms with Crippen molar-refractivity contribution in [1.82, 2.24) is 0 Å². The lowest BCUT2D eigenvalue weighted by atomic mass is 9.93. The van der Waals surface area contributed by atoms with Gasteiger partial charge in [-0.2, -0.15) is 0 Å². The van der Waals surface area contributed by atoms with E-state index < -0.39 is 11.8 Å². The number of carboxylic acid groups (broad SMARTS) is 1. The molecule has 0 saturated carbocycles. The number of halogens is 1. The lowest BCUT2D eigenvalue weighted by Crippen LogP contribution is -2.05. The van der Waals surface area contributed by atoms with Gasteiger partial charge in [-0.25, -0.2) is 4.39 Å². The summed E-state index contributed by atoms with van der Waals surface area (Å²) in [5.74, 6) is -1.91. The number of phenols is 1. The van der Waals surface area contributed by atoms with Crippen LogP contribution in [0.25, 0.3) is 0 Å². The molecule has 0 bridgehead atoms. The van der Waals surface area contributed by atoms with Crippen molar-refractivity contribution in [2.75, 3.05) is 0 Å². The fourth-order valence-corrected chi connectivity index (χ4v) is 1.54. The van der Waals surface area contributed by atoms with Crippen LogP contribution in [0, 0.1) is 5.82 Å². The summed E-state index contributed by atoms with van der Waals surface area (Å²) in [7, 11) is 0. The zero-order valence-corrected chi connectivity index (χ0v) is 8.40. The normalized spacial score (nSPS) is 12.4. The molecule has 0 aliphatic carbocycles. The summed E-state index contributed by atoms with van der Waals surface area (Å²) >= 11 is 0. The SMILES string of the molecule is CC[C@@H](CC(=O)O)c1cc(O)cc(F)c1. The van der Waals surface area contributed by atoms with Crippen molar-refractivity contribution in [3.8, 4) is 5.75 Å². The van der Waals surface area contributed by atoms with Gasteiger partial charge in [-0.15, -0.1) is 0 Å². The molecule has 0 aliphatic rings. The van der Waals surface area contributed by atoms with E-state index in [-0.39, 0.29) is 18.1 Å². The molecule has 4 heteroatoms. The lowest BCUT2D eigenvalue weighted by Gasteiger charge is -2.13. The highest BCUT2D eigenvalue weighted by atomic mass is 19.1. The van der Waals surface area contributed by atoms with Gasteiger partial charge in [0.25, 0.3) is 0 Å². The van der Waals surface area contributed by atoms with Crippen molar-refractivity contribution in [3.05, 3.63) is 29.6 Å².